The molecule has 0 heterocycles. The molecule has 0 fully saturated rings. The topological polar surface area (TPSA) is 50.4 Å². The zero-order valence-electron chi connectivity index (χ0n) is 12.4. The van der Waals surface area contributed by atoms with Crippen molar-refractivity contribution in [2.24, 2.45) is 0 Å². The number of carbonyl (C=O) groups excluding carboxylic acids is 1. The fourth-order valence-corrected chi connectivity index (χ4v) is 1.62. The van der Waals surface area contributed by atoms with Gasteiger partial charge in [0.05, 0.1) is 12.6 Å². The Hall–Kier alpha value is -1.55. The molecule has 0 saturated heterocycles. The fraction of sp³-hybridized carbons (Fsp3) is 0.533. The Morgan fingerprint density at radius 3 is 2.47 bits per heavy atom. The number of benzene rings is 1. The zero-order chi connectivity index (χ0) is 14.4. The van der Waals surface area contributed by atoms with E-state index in [4.69, 9.17) is 4.74 Å². The van der Waals surface area contributed by atoms with Crippen LogP contribution < -0.4 is 15.4 Å². The minimum absolute atomic E-state index is 0.0365. The minimum atomic E-state index is -0.0365. The summed E-state index contributed by atoms with van der Waals surface area (Å²) in [7, 11) is 0. The van der Waals surface area contributed by atoms with Crippen molar-refractivity contribution in [1.29, 1.82) is 0 Å². The lowest BCUT2D eigenvalue weighted by Gasteiger charge is -2.14. The van der Waals surface area contributed by atoms with E-state index >= 15 is 0 Å². The van der Waals surface area contributed by atoms with E-state index in [9.17, 15) is 4.79 Å². The number of ether oxygens (including phenoxy) is 1. The van der Waals surface area contributed by atoms with Gasteiger partial charge in [-0.15, -0.1) is 0 Å². The molecule has 1 aromatic rings. The molecule has 4 nitrogen and oxygen atoms in total. The number of amides is 1. The number of anilines is 1. The van der Waals surface area contributed by atoms with Crippen molar-refractivity contribution in [1.82, 2.24) is 5.32 Å². The Bertz CT molecular complexity index is 428. The van der Waals surface area contributed by atoms with Gasteiger partial charge in [-0.25, -0.2) is 0 Å². The molecule has 4 heteroatoms. The van der Waals surface area contributed by atoms with Crippen LogP contribution in [0, 0.1) is 6.92 Å². The number of rotatable bonds is 6. The molecule has 1 rings (SSSR count). The third-order valence-electron chi connectivity index (χ3n) is 2.49. The minimum Gasteiger partial charge on any atom is -0.491 e. The van der Waals surface area contributed by atoms with Crippen LogP contribution in [-0.2, 0) is 4.79 Å². The lowest BCUT2D eigenvalue weighted by Crippen LogP contribution is -2.32. The fourth-order valence-electron chi connectivity index (χ4n) is 1.62. The molecular formula is C15H24N2O2. The van der Waals surface area contributed by atoms with Crippen molar-refractivity contribution >= 4 is 11.6 Å². The summed E-state index contributed by atoms with van der Waals surface area (Å²) < 4.78 is 5.66. The maximum Gasteiger partial charge on any atom is 0.238 e. The Morgan fingerprint density at radius 2 is 1.95 bits per heavy atom. The first-order chi connectivity index (χ1) is 8.88. The Morgan fingerprint density at radius 1 is 1.26 bits per heavy atom. The van der Waals surface area contributed by atoms with Gasteiger partial charge in [0.1, 0.15) is 5.75 Å². The van der Waals surface area contributed by atoms with E-state index in [1.807, 2.05) is 52.8 Å². The van der Waals surface area contributed by atoms with E-state index in [-0.39, 0.29) is 12.0 Å². The summed E-state index contributed by atoms with van der Waals surface area (Å²) in [5.74, 6) is 0.818. The highest BCUT2D eigenvalue weighted by Gasteiger charge is 2.06. The quantitative estimate of drug-likeness (QED) is 0.830. The summed E-state index contributed by atoms with van der Waals surface area (Å²) in [5.41, 5.74) is 1.81. The van der Waals surface area contributed by atoms with Crippen LogP contribution >= 0.6 is 0 Å². The van der Waals surface area contributed by atoms with Gasteiger partial charge in [0.2, 0.25) is 5.91 Å². The summed E-state index contributed by atoms with van der Waals surface area (Å²) in [6, 6.07) is 5.97. The molecule has 106 valence electrons. The Labute approximate surface area is 115 Å². The lowest BCUT2D eigenvalue weighted by atomic mass is 10.2. The summed E-state index contributed by atoms with van der Waals surface area (Å²) in [6.07, 6.45) is 0.148. The molecular weight excluding hydrogens is 240 g/mol. The van der Waals surface area contributed by atoms with Crippen molar-refractivity contribution < 1.29 is 9.53 Å². The molecule has 0 spiro atoms. The van der Waals surface area contributed by atoms with Gasteiger partial charge in [0.25, 0.3) is 0 Å². The number of aryl methyl sites for hydroxylation is 1. The summed E-state index contributed by atoms with van der Waals surface area (Å²) in [4.78, 5) is 11.7. The van der Waals surface area contributed by atoms with Crippen LogP contribution in [0.5, 0.6) is 5.75 Å². The monoisotopic (exact) mass is 264 g/mol. The first-order valence-corrected chi connectivity index (χ1v) is 6.69. The van der Waals surface area contributed by atoms with Gasteiger partial charge in [-0.3, -0.25) is 4.79 Å². The average Bonchev–Trinajstić information content (AvgIpc) is 2.29. The summed E-state index contributed by atoms with van der Waals surface area (Å²) >= 11 is 0. The van der Waals surface area contributed by atoms with Crippen LogP contribution in [0.1, 0.15) is 33.3 Å². The molecule has 1 aromatic carbocycles. The molecule has 1 amide bonds. The second-order valence-corrected chi connectivity index (χ2v) is 5.23. The van der Waals surface area contributed by atoms with E-state index < -0.39 is 0 Å². The van der Waals surface area contributed by atoms with Crippen molar-refractivity contribution in [2.75, 3.05) is 11.9 Å². The molecule has 0 saturated carbocycles. The highest BCUT2D eigenvalue weighted by Crippen LogP contribution is 2.22. The maximum absolute atomic E-state index is 11.7. The van der Waals surface area contributed by atoms with E-state index in [1.165, 1.54) is 0 Å². The second-order valence-electron chi connectivity index (χ2n) is 5.23. The Kier molecular flexibility index (Phi) is 5.83. The van der Waals surface area contributed by atoms with Crippen LogP contribution in [0.15, 0.2) is 18.2 Å². The van der Waals surface area contributed by atoms with Gasteiger partial charge in [-0.05, 0) is 44.5 Å². The molecule has 0 aliphatic heterocycles. The largest absolute Gasteiger partial charge is 0.491 e. The molecule has 0 atom stereocenters. The molecule has 0 radical (unpaired) electrons. The standard InChI is InChI=1S/C15H24N2O2/c1-10(2)16-9-15(18)17-13-6-7-14(12(5)8-13)19-11(3)4/h6-8,10-11,16H,9H2,1-5H3,(H,17,18). The zero-order valence-corrected chi connectivity index (χ0v) is 12.4. The third kappa shape index (κ3) is 5.75. The highest BCUT2D eigenvalue weighted by molar-refractivity contribution is 5.92. The first-order valence-electron chi connectivity index (χ1n) is 6.69. The Balaban J connectivity index is 2.60. The summed E-state index contributed by atoms with van der Waals surface area (Å²) in [6.45, 7) is 10.3. The predicted octanol–water partition coefficient (Wildman–Crippen LogP) is 2.72. The SMILES string of the molecule is Cc1cc(NC(=O)CNC(C)C)ccc1OC(C)C. The predicted molar refractivity (Wildman–Crippen MR) is 78.7 cm³/mol. The molecule has 0 unspecified atom stereocenters. The van der Waals surface area contributed by atoms with Gasteiger partial charge < -0.3 is 15.4 Å². The van der Waals surface area contributed by atoms with E-state index in [0.29, 0.717) is 12.6 Å². The van der Waals surface area contributed by atoms with Crippen molar-refractivity contribution in [3.8, 4) is 5.75 Å². The molecule has 0 bridgehead atoms. The molecule has 0 aromatic heterocycles. The number of hydrogen-bond acceptors (Lipinski definition) is 3. The van der Waals surface area contributed by atoms with Crippen LogP contribution in [0.2, 0.25) is 0 Å². The van der Waals surface area contributed by atoms with E-state index in [0.717, 1.165) is 17.0 Å². The van der Waals surface area contributed by atoms with Crippen molar-refractivity contribution in [3.05, 3.63) is 23.8 Å². The van der Waals surface area contributed by atoms with Gasteiger partial charge in [-0.2, -0.15) is 0 Å². The van der Waals surface area contributed by atoms with Crippen molar-refractivity contribution in [3.63, 3.8) is 0 Å². The number of hydrogen-bond donors (Lipinski definition) is 2. The van der Waals surface area contributed by atoms with E-state index in [2.05, 4.69) is 10.6 Å². The molecule has 2 N–H and O–H groups in total. The number of carbonyl (C=O) groups is 1. The highest BCUT2D eigenvalue weighted by atomic mass is 16.5. The van der Waals surface area contributed by atoms with Crippen LogP contribution in [-0.4, -0.2) is 24.6 Å². The smallest absolute Gasteiger partial charge is 0.238 e. The van der Waals surface area contributed by atoms with E-state index in [1.54, 1.807) is 0 Å². The molecule has 19 heavy (non-hydrogen) atoms. The average molecular weight is 264 g/mol. The molecule has 0 aliphatic carbocycles. The van der Waals surface area contributed by atoms with Crippen molar-refractivity contribution in [2.45, 2.75) is 46.8 Å². The maximum atomic E-state index is 11.7. The normalized spacial score (nSPS) is 10.9. The lowest BCUT2D eigenvalue weighted by molar-refractivity contribution is -0.115. The molecule has 0 aliphatic rings. The number of nitrogens with one attached hydrogen (secondary N) is 2. The summed E-state index contributed by atoms with van der Waals surface area (Å²) in [5, 5.41) is 5.94. The van der Waals surface area contributed by atoms with Gasteiger partial charge in [0, 0.05) is 11.7 Å². The van der Waals surface area contributed by atoms with Crippen LogP contribution in [0.25, 0.3) is 0 Å². The van der Waals surface area contributed by atoms with Crippen LogP contribution in [0.4, 0.5) is 5.69 Å². The third-order valence-corrected chi connectivity index (χ3v) is 2.49. The first kappa shape index (κ1) is 15.5. The van der Waals surface area contributed by atoms with Gasteiger partial charge in [0.15, 0.2) is 0 Å². The second kappa shape index (κ2) is 7.14. The van der Waals surface area contributed by atoms with Gasteiger partial charge >= 0.3 is 0 Å². The van der Waals surface area contributed by atoms with Crippen LogP contribution in [0.3, 0.4) is 0 Å². The van der Waals surface area contributed by atoms with Gasteiger partial charge in [-0.1, -0.05) is 13.8 Å².